The van der Waals surface area contributed by atoms with Gasteiger partial charge >= 0.3 is 0 Å². The van der Waals surface area contributed by atoms with Crippen molar-refractivity contribution in [3.63, 3.8) is 0 Å². The van der Waals surface area contributed by atoms with Crippen LogP contribution < -0.4 is 5.32 Å². The summed E-state index contributed by atoms with van der Waals surface area (Å²) in [4.78, 5) is 0. The monoisotopic (exact) mass is 267 g/mol. The summed E-state index contributed by atoms with van der Waals surface area (Å²) in [6, 6.07) is 0. The van der Waals surface area contributed by atoms with Crippen LogP contribution in [0.25, 0.3) is 0 Å². The molecule has 5 nitrogen and oxygen atoms in total. The fourth-order valence-electron chi connectivity index (χ4n) is 2.21. The lowest BCUT2D eigenvalue weighted by atomic mass is 10.0. The van der Waals surface area contributed by atoms with Crippen LogP contribution in [0.1, 0.15) is 32.8 Å². The molecule has 1 aliphatic heterocycles. The molecular formula is C14H25N3O2. The number of rotatable bonds is 5. The van der Waals surface area contributed by atoms with Gasteiger partial charge in [-0.25, -0.2) is 0 Å². The minimum absolute atomic E-state index is 0.0330. The van der Waals surface area contributed by atoms with Crippen LogP contribution in [-0.4, -0.2) is 42.2 Å². The summed E-state index contributed by atoms with van der Waals surface area (Å²) in [6.45, 7) is 9.52. The second-order valence-electron chi connectivity index (χ2n) is 6.26. The molecule has 19 heavy (non-hydrogen) atoms. The van der Waals surface area contributed by atoms with Crippen molar-refractivity contribution in [1.82, 2.24) is 15.1 Å². The van der Waals surface area contributed by atoms with Gasteiger partial charge in [0.25, 0.3) is 0 Å². The fourth-order valence-corrected chi connectivity index (χ4v) is 2.21. The molecule has 0 bridgehead atoms. The molecule has 1 aromatic heterocycles. The van der Waals surface area contributed by atoms with Gasteiger partial charge in [-0.3, -0.25) is 4.68 Å². The van der Waals surface area contributed by atoms with E-state index >= 15 is 0 Å². The average molecular weight is 267 g/mol. The van der Waals surface area contributed by atoms with Crippen LogP contribution in [0.15, 0.2) is 12.4 Å². The molecular weight excluding hydrogens is 242 g/mol. The van der Waals surface area contributed by atoms with Gasteiger partial charge in [0.2, 0.25) is 0 Å². The lowest BCUT2D eigenvalue weighted by Crippen LogP contribution is -2.42. The zero-order valence-corrected chi connectivity index (χ0v) is 12.4. The largest absolute Gasteiger partial charge is 0.378 e. The third-order valence-corrected chi connectivity index (χ3v) is 3.60. The zero-order chi connectivity index (χ0) is 13.9. The van der Waals surface area contributed by atoms with E-state index in [9.17, 15) is 0 Å². The summed E-state index contributed by atoms with van der Waals surface area (Å²) in [5.41, 5.74) is 1.07. The van der Waals surface area contributed by atoms with Gasteiger partial charge in [-0.2, -0.15) is 5.10 Å². The van der Waals surface area contributed by atoms with E-state index in [0.29, 0.717) is 6.61 Å². The van der Waals surface area contributed by atoms with Crippen molar-refractivity contribution in [2.75, 3.05) is 26.9 Å². The van der Waals surface area contributed by atoms with E-state index in [4.69, 9.17) is 9.47 Å². The number of hydrogen-bond donors (Lipinski definition) is 1. The maximum Gasteiger partial charge on any atom is 0.106 e. The van der Waals surface area contributed by atoms with Gasteiger partial charge in [0, 0.05) is 45.0 Å². The SMILES string of the molecule is COC1(CNCc2cnn(C(C)(C)C)c2)CCOC1. The first-order valence-corrected chi connectivity index (χ1v) is 6.83. The lowest BCUT2D eigenvalue weighted by Gasteiger charge is -2.25. The standard InChI is InChI=1S/C14H25N3O2/c1-13(2,3)17-9-12(8-16-17)7-15-10-14(18-4)5-6-19-11-14/h8-9,15H,5-7,10-11H2,1-4H3. The lowest BCUT2D eigenvalue weighted by molar-refractivity contribution is -0.0159. The summed E-state index contributed by atoms with van der Waals surface area (Å²) >= 11 is 0. The number of nitrogens with one attached hydrogen (secondary N) is 1. The second kappa shape index (κ2) is 5.61. The number of aromatic nitrogens is 2. The van der Waals surface area contributed by atoms with Gasteiger partial charge in [-0.1, -0.05) is 0 Å². The molecule has 108 valence electrons. The second-order valence-corrected chi connectivity index (χ2v) is 6.26. The third-order valence-electron chi connectivity index (χ3n) is 3.60. The van der Waals surface area contributed by atoms with Crippen LogP contribution in [-0.2, 0) is 21.6 Å². The smallest absolute Gasteiger partial charge is 0.106 e. The first-order valence-electron chi connectivity index (χ1n) is 6.83. The van der Waals surface area contributed by atoms with Crippen molar-refractivity contribution in [2.45, 2.75) is 44.9 Å². The highest BCUT2D eigenvalue weighted by Gasteiger charge is 2.34. The van der Waals surface area contributed by atoms with Crippen LogP contribution in [0.5, 0.6) is 0 Å². The number of ether oxygens (including phenoxy) is 2. The van der Waals surface area contributed by atoms with Crippen LogP contribution in [0, 0.1) is 0 Å². The Labute approximate surface area is 115 Å². The molecule has 1 fully saturated rings. The molecule has 0 radical (unpaired) electrons. The highest BCUT2D eigenvalue weighted by Crippen LogP contribution is 2.21. The Hall–Kier alpha value is -0.910. The number of methoxy groups -OCH3 is 1. The topological polar surface area (TPSA) is 48.3 Å². The molecule has 1 unspecified atom stereocenters. The third kappa shape index (κ3) is 3.55. The molecule has 1 N–H and O–H groups in total. The van der Waals surface area contributed by atoms with Crippen molar-refractivity contribution in [3.05, 3.63) is 18.0 Å². The van der Waals surface area contributed by atoms with E-state index in [1.54, 1.807) is 7.11 Å². The molecule has 5 heteroatoms. The Morgan fingerprint density at radius 3 is 2.84 bits per heavy atom. The number of hydrogen-bond acceptors (Lipinski definition) is 4. The maximum absolute atomic E-state index is 5.59. The van der Waals surface area contributed by atoms with Crippen molar-refractivity contribution >= 4 is 0 Å². The Kier molecular flexibility index (Phi) is 4.28. The molecule has 1 atom stereocenters. The highest BCUT2D eigenvalue weighted by molar-refractivity contribution is 5.05. The number of nitrogens with zero attached hydrogens (tertiary/aromatic N) is 2. The Balaban J connectivity index is 1.84. The van der Waals surface area contributed by atoms with Crippen molar-refractivity contribution in [3.8, 4) is 0 Å². The summed E-state index contributed by atoms with van der Waals surface area (Å²) in [6.07, 6.45) is 4.97. The normalized spacial score (nSPS) is 24.0. The highest BCUT2D eigenvalue weighted by atomic mass is 16.5. The van der Waals surface area contributed by atoms with Crippen molar-refractivity contribution < 1.29 is 9.47 Å². The molecule has 0 amide bonds. The molecule has 1 aliphatic rings. The van der Waals surface area contributed by atoms with E-state index in [-0.39, 0.29) is 11.1 Å². The minimum atomic E-state index is -0.153. The molecule has 0 aromatic carbocycles. The molecule has 0 saturated carbocycles. The van der Waals surface area contributed by atoms with Crippen LogP contribution in [0.2, 0.25) is 0 Å². The first kappa shape index (κ1) is 14.5. The summed E-state index contributed by atoms with van der Waals surface area (Å²) in [7, 11) is 1.76. The van der Waals surface area contributed by atoms with E-state index in [0.717, 1.165) is 26.1 Å². The summed E-state index contributed by atoms with van der Waals surface area (Å²) in [5.74, 6) is 0. The fraction of sp³-hybridized carbons (Fsp3) is 0.786. The Morgan fingerprint density at radius 2 is 2.32 bits per heavy atom. The quantitative estimate of drug-likeness (QED) is 0.879. The van der Waals surface area contributed by atoms with Gasteiger partial charge in [-0.05, 0) is 20.8 Å². The van der Waals surface area contributed by atoms with E-state index in [1.165, 1.54) is 5.56 Å². The van der Waals surface area contributed by atoms with Gasteiger partial charge < -0.3 is 14.8 Å². The maximum atomic E-state index is 5.59. The summed E-state index contributed by atoms with van der Waals surface area (Å²) in [5, 5.41) is 7.84. The zero-order valence-electron chi connectivity index (χ0n) is 12.4. The Bertz CT molecular complexity index is 403. The van der Waals surface area contributed by atoms with Gasteiger partial charge in [0.1, 0.15) is 5.60 Å². The van der Waals surface area contributed by atoms with Crippen molar-refractivity contribution in [1.29, 1.82) is 0 Å². The van der Waals surface area contributed by atoms with E-state index in [1.807, 2.05) is 10.9 Å². The van der Waals surface area contributed by atoms with E-state index < -0.39 is 0 Å². The Morgan fingerprint density at radius 1 is 1.53 bits per heavy atom. The molecule has 1 aromatic rings. The molecule has 1 saturated heterocycles. The molecule has 0 spiro atoms. The van der Waals surface area contributed by atoms with Gasteiger partial charge in [-0.15, -0.1) is 0 Å². The van der Waals surface area contributed by atoms with Gasteiger partial charge in [0.15, 0.2) is 0 Å². The van der Waals surface area contributed by atoms with Crippen molar-refractivity contribution in [2.24, 2.45) is 0 Å². The molecule has 2 heterocycles. The molecule has 0 aliphatic carbocycles. The predicted octanol–water partition coefficient (Wildman–Crippen LogP) is 1.53. The predicted molar refractivity (Wildman–Crippen MR) is 74.1 cm³/mol. The van der Waals surface area contributed by atoms with Crippen LogP contribution >= 0.6 is 0 Å². The summed E-state index contributed by atoms with van der Waals surface area (Å²) < 4.78 is 13.0. The van der Waals surface area contributed by atoms with Gasteiger partial charge in [0.05, 0.1) is 18.3 Å². The van der Waals surface area contributed by atoms with Crippen LogP contribution in [0.4, 0.5) is 0 Å². The first-order chi connectivity index (χ1) is 8.95. The molecule has 2 rings (SSSR count). The van der Waals surface area contributed by atoms with Crippen LogP contribution in [0.3, 0.4) is 0 Å². The average Bonchev–Trinajstić information content (AvgIpc) is 2.97. The van der Waals surface area contributed by atoms with E-state index in [2.05, 4.69) is 37.4 Å². The minimum Gasteiger partial charge on any atom is -0.378 e.